The lowest BCUT2D eigenvalue weighted by molar-refractivity contribution is 0.140. The fourth-order valence-corrected chi connectivity index (χ4v) is 1.42. The maximum atomic E-state index is 11.0. The highest BCUT2D eigenvalue weighted by Crippen LogP contribution is 2.12. The third-order valence-corrected chi connectivity index (χ3v) is 2.07. The first-order valence-corrected chi connectivity index (χ1v) is 5.16. The minimum absolute atomic E-state index is 0.297. The van der Waals surface area contributed by atoms with Crippen LogP contribution in [-0.2, 0) is 11.3 Å². The summed E-state index contributed by atoms with van der Waals surface area (Å²) >= 11 is 3.34. The second kappa shape index (κ2) is 5.65. The van der Waals surface area contributed by atoms with E-state index in [1.54, 1.807) is 0 Å². The number of rotatable bonds is 3. The van der Waals surface area contributed by atoms with Gasteiger partial charge in [-0.3, -0.25) is 0 Å². The van der Waals surface area contributed by atoms with E-state index < -0.39 is 0 Å². The molecule has 0 spiro atoms. The van der Waals surface area contributed by atoms with E-state index in [9.17, 15) is 4.79 Å². The Balaban J connectivity index is 2.41. The van der Waals surface area contributed by atoms with Crippen molar-refractivity contribution in [3.8, 4) is 0 Å². The topological polar surface area (TPSA) is 38.3 Å². The van der Waals surface area contributed by atoms with Gasteiger partial charge in [0.25, 0.3) is 0 Å². The second-order valence-electron chi connectivity index (χ2n) is 2.74. The molecule has 0 aromatic heterocycles. The van der Waals surface area contributed by atoms with Crippen LogP contribution in [0.5, 0.6) is 0 Å². The molecule has 1 N–H and O–H groups in total. The van der Waals surface area contributed by atoms with Crippen LogP contribution in [0.3, 0.4) is 0 Å². The number of alkyl carbamates (subject to hydrolysis) is 1. The maximum absolute atomic E-state index is 11.0. The van der Waals surface area contributed by atoms with Crippen molar-refractivity contribution < 1.29 is 9.53 Å². The minimum atomic E-state index is -0.382. The Labute approximate surface area is 91.6 Å². The summed E-state index contributed by atoms with van der Waals surface area (Å²) < 4.78 is 5.93. The molecule has 0 fully saturated rings. The average Bonchev–Trinajstić information content (AvgIpc) is 2.15. The van der Waals surface area contributed by atoms with Crippen LogP contribution < -0.4 is 5.32 Å². The maximum Gasteiger partial charge on any atom is 0.407 e. The van der Waals surface area contributed by atoms with E-state index in [0.717, 1.165) is 10.0 Å². The van der Waals surface area contributed by atoms with E-state index in [1.165, 1.54) is 0 Å². The number of halogens is 1. The van der Waals surface area contributed by atoms with Crippen LogP contribution in [0.15, 0.2) is 28.7 Å². The Morgan fingerprint density at radius 1 is 1.57 bits per heavy atom. The minimum Gasteiger partial charge on any atom is -0.445 e. The first-order valence-electron chi connectivity index (χ1n) is 4.37. The Bertz CT molecular complexity index is 315. The van der Waals surface area contributed by atoms with Crippen LogP contribution in [-0.4, -0.2) is 12.6 Å². The monoisotopic (exact) mass is 257 g/mol. The van der Waals surface area contributed by atoms with E-state index >= 15 is 0 Å². The van der Waals surface area contributed by atoms with Crippen molar-refractivity contribution in [2.75, 3.05) is 6.54 Å². The molecule has 1 aromatic carbocycles. The molecule has 0 heterocycles. The fraction of sp³-hybridized carbons (Fsp3) is 0.300. The summed E-state index contributed by atoms with van der Waals surface area (Å²) in [7, 11) is 0. The number of carbonyl (C=O) groups is 1. The van der Waals surface area contributed by atoms with Crippen molar-refractivity contribution in [3.05, 3.63) is 34.3 Å². The van der Waals surface area contributed by atoms with E-state index in [4.69, 9.17) is 4.74 Å². The van der Waals surface area contributed by atoms with E-state index in [2.05, 4.69) is 21.2 Å². The number of benzene rings is 1. The van der Waals surface area contributed by atoms with Crippen LogP contribution in [0.4, 0.5) is 4.79 Å². The fourth-order valence-electron chi connectivity index (χ4n) is 0.971. The number of hydrogen-bond acceptors (Lipinski definition) is 2. The molecule has 76 valence electrons. The number of amides is 1. The molecule has 0 aliphatic rings. The van der Waals surface area contributed by atoms with Crippen molar-refractivity contribution in [1.29, 1.82) is 0 Å². The lowest BCUT2D eigenvalue weighted by Gasteiger charge is -2.05. The van der Waals surface area contributed by atoms with Gasteiger partial charge in [0, 0.05) is 11.0 Å². The molecule has 0 saturated heterocycles. The molecular weight excluding hydrogens is 246 g/mol. The molecule has 0 atom stereocenters. The molecule has 14 heavy (non-hydrogen) atoms. The van der Waals surface area contributed by atoms with Gasteiger partial charge < -0.3 is 10.1 Å². The normalized spacial score (nSPS) is 9.57. The standard InChI is InChI=1S/C10H12BrNO2/c1-2-12-10(13)14-7-8-4-3-5-9(11)6-8/h3-6H,2,7H2,1H3,(H,12,13). The van der Waals surface area contributed by atoms with Gasteiger partial charge in [0.05, 0.1) is 0 Å². The highest BCUT2D eigenvalue weighted by atomic mass is 79.9. The number of carbonyl (C=O) groups excluding carboxylic acids is 1. The van der Waals surface area contributed by atoms with Crippen LogP contribution in [0.1, 0.15) is 12.5 Å². The van der Waals surface area contributed by atoms with E-state index in [0.29, 0.717) is 13.2 Å². The van der Waals surface area contributed by atoms with Crippen molar-refractivity contribution in [2.24, 2.45) is 0 Å². The van der Waals surface area contributed by atoms with Gasteiger partial charge in [-0.15, -0.1) is 0 Å². The Kier molecular flexibility index (Phi) is 4.46. The van der Waals surface area contributed by atoms with Gasteiger partial charge >= 0.3 is 6.09 Å². The first kappa shape index (κ1) is 11.0. The molecule has 0 bridgehead atoms. The lowest BCUT2D eigenvalue weighted by atomic mass is 10.2. The SMILES string of the molecule is CCNC(=O)OCc1cccc(Br)c1. The third-order valence-electron chi connectivity index (χ3n) is 1.58. The van der Waals surface area contributed by atoms with Crippen LogP contribution in [0.25, 0.3) is 0 Å². The van der Waals surface area contributed by atoms with Crippen molar-refractivity contribution in [3.63, 3.8) is 0 Å². The van der Waals surface area contributed by atoms with Gasteiger partial charge in [-0.05, 0) is 24.6 Å². The number of hydrogen-bond donors (Lipinski definition) is 1. The predicted molar refractivity (Wildman–Crippen MR) is 58.0 cm³/mol. The molecule has 0 unspecified atom stereocenters. The average molecular weight is 258 g/mol. The molecule has 1 aromatic rings. The molecule has 0 radical (unpaired) electrons. The van der Waals surface area contributed by atoms with Crippen molar-refractivity contribution in [2.45, 2.75) is 13.5 Å². The first-order chi connectivity index (χ1) is 6.72. The zero-order valence-electron chi connectivity index (χ0n) is 7.92. The van der Waals surface area contributed by atoms with Crippen molar-refractivity contribution >= 4 is 22.0 Å². The summed E-state index contributed by atoms with van der Waals surface area (Å²) in [6.45, 7) is 2.73. The molecule has 0 aliphatic heterocycles. The molecule has 1 amide bonds. The van der Waals surface area contributed by atoms with Gasteiger partial charge in [0.15, 0.2) is 0 Å². The summed E-state index contributed by atoms with van der Waals surface area (Å²) in [4.78, 5) is 11.0. The van der Waals surface area contributed by atoms with E-state index in [1.807, 2.05) is 31.2 Å². The molecule has 1 rings (SSSR count). The van der Waals surface area contributed by atoms with E-state index in [-0.39, 0.29) is 6.09 Å². The molecular formula is C10H12BrNO2. The molecule has 3 nitrogen and oxygen atoms in total. The summed E-state index contributed by atoms with van der Waals surface area (Å²) in [6.07, 6.45) is -0.382. The Morgan fingerprint density at radius 3 is 3.00 bits per heavy atom. The largest absolute Gasteiger partial charge is 0.445 e. The second-order valence-corrected chi connectivity index (χ2v) is 3.65. The molecule has 0 aliphatic carbocycles. The van der Waals surface area contributed by atoms with Gasteiger partial charge in [-0.2, -0.15) is 0 Å². The summed E-state index contributed by atoms with van der Waals surface area (Å²) in [6, 6.07) is 7.65. The summed E-state index contributed by atoms with van der Waals surface area (Å²) in [5.74, 6) is 0. The third kappa shape index (κ3) is 3.79. The quantitative estimate of drug-likeness (QED) is 0.905. The van der Waals surface area contributed by atoms with Gasteiger partial charge in [0.1, 0.15) is 6.61 Å². The van der Waals surface area contributed by atoms with Crippen LogP contribution in [0.2, 0.25) is 0 Å². The highest BCUT2D eigenvalue weighted by Gasteiger charge is 2.00. The van der Waals surface area contributed by atoms with Crippen LogP contribution in [0, 0.1) is 0 Å². The number of ether oxygens (including phenoxy) is 1. The van der Waals surface area contributed by atoms with Gasteiger partial charge in [0.2, 0.25) is 0 Å². The van der Waals surface area contributed by atoms with Gasteiger partial charge in [-0.1, -0.05) is 28.1 Å². The molecule has 4 heteroatoms. The van der Waals surface area contributed by atoms with Gasteiger partial charge in [-0.25, -0.2) is 4.79 Å². The van der Waals surface area contributed by atoms with Crippen molar-refractivity contribution in [1.82, 2.24) is 5.32 Å². The highest BCUT2D eigenvalue weighted by molar-refractivity contribution is 9.10. The summed E-state index contributed by atoms with van der Waals surface area (Å²) in [5, 5.41) is 2.56. The molecule has 0 saturated carbocycles. The zero-order chi connectivity index (χ0) is 10.4. The zero-order valence-corrected chi connectivity index (χ0v) is 9.50. The number of nitrogens with one attached hydrogen (secondary N) is 1. The van der Waals surface area contributed by atoms with Crippen LogP contribution >= 0.6 is 15.9 Å². The smallest absolute Gasteiger partial charge is 0.407 e. The summed E-state index contributed by atoms with van der Waals surface area (Å²) in [5.41, 5.74) is 0.964. The Morgan fingerprint density at radius 2 is 2.36 bits per heavy atom. The lowest BCUT2D eigenvalue weighted by Crippen LogP contribution is -2.23. The Hall–Kier alpha value is -1.03. The predicted octanol–water partition coefficient (Wildman–Crippen LogP) is 2.70.